The van der Waals surface area contributed by atoms with Crippen LogP contribution >= 0.6 is 0 Å². The van der Waals surface area contributed by atoms with Gasteiger partial charge in [0, 0.05) is 37.9 Å². The zero-order valence-corrected chi connectivity index (χ0v) is 19.6. The van der Waals surface area contributed by atoms with Gasteiger partial charge in [-0.25, -0.2) is 0 Å². The van der Waals surface area contributed by atoms with Crippen LogP contribution in [0.15, 0.2) is 79.0 Å². The summed E-state index contributed by atoms with van der Waals surface area (Å²) < 4.78 is 18.0. The van der Waals surface area contributed by atoms with Crippen LogP contribution in [-0.2, 0) is 11.2 Å². The number of hydrogen-bond acceptors (Lipinski definition) is 6. The van der Waals surface area contributed by atoms with Gasteiger partial charge in [-0.3, -0.25) is 4.98 Å². The number of pyridine rings is 1. The molecule has 0 aliphatic carbocycles. The maximum Gasteiger partial charge on any atom is 0.162 e. The molecule has 2 heterocycles. The molecule has 4 rings (SSSR count). The average Bonchev–Trinajstić information content (AvgIpc) is 2.89. The number of benzene rings is 2. The van der Waals surface area contributed by atoms with Crippen molar-refractivity contribution in [3.63, 3.8) is 0 Å². The van der Waals surface area contributed by atoms with Gasteiger partial charge >= 0.3 is 0 Å². The fourth-order valence-electron chi connectivity index (χ4n) is 3.54. The van der Waals surface area contributed by atoms with Crippen molar-refractivity contribution in [1.82, 2.24) is 15.6 Å². The van der Waals surface area contributed by atoms with E-state index in [0.717, 1.165) is 48.8 Å². The van der Waals surface area contributed by atoms with E-state index in [4.69, 9.17) is 14.2 Å². The molecule has 1 aliphatic heterocycles. The number of aromatic nitrogens is 1. The molecule has 1 aliphatic rings. The Morgan fingerprint density at radius 1 is 1.03 bits per heavy atom. The number of morpholine rings is 1. The molecule has 1 saturated heterocycles. The van der Waals surface area contributed by atoms with Crippen LogP contribution in [0.1, 0.15) is 24.3 Å². The standard InChI is InChI=1S/C19H23NO3.C8H12N2/c1-2-21-16-10-6-7-11-17(16)23-19(15-8-4-3-5-9-15)18-14-20-12-13-22-18;1-9-7-5-8-4-2-3-6-10-8/h3-11,18-20H,2,12-14H2,1H3;2-4,6,9H,5,7H2,1H3/t18-,19+;/m1./s1. The Bertz CT molecular complexity index is 903. The van der Waals surface area contributed by atoms with Gasteiger partial charge in [-0.15, -0.1) is 0 Å². The second-order valence-corrected chi connectivity index (χ2v) is 7.62. The van der Waals surface area contributed by atoms with Gasteiger partial charge in [0.1, 0.15) is 6.10 Å². The van der Waals surface area contributed by atoms with Gasteiger partial charge in [0.05, 0.1) is 13.2 Å². The van der Waals surface area contributed by atoms with E-state index in [9.17, 15) is 0 Å². The third kappa shape index (κ3) is 8.17. The van der Waals surface area contributed by atoms with Crippen LogP contribution in [0.25, 0.3) is 0 Å². The van der Waals surface area contributed by atoms with E-state index in [2.05, 4.69) is 27.8 Å². The van der Waals surface area contributed by atoms with E-state index in [1.54, 1.807) is 0 Å². The summed E-state index contributed by atoms with van der Waals surface area (Å²) in [5.41, 5.74) is 2.25. The third-order valence-corrected chi connectivity index (χ3v) is 5.18. The number of ether oxygens (including phenoxy) is 3. The summed E-state index contributed by atoms with van der Waals surface area (Å²) in [6.07, 6.45) is 2.63. The van der Waals surface area contributed by atoms with E-state index in [1.165, 1.54) is 0 Å². The molecule has 176 valence electrons. The molecule has 0 radical (unpaired) electrons. The van der Waals surface area contributed by atoms with Crippen LogP contribution in [0, 0.1) is 0 Å². The first-order valence-corrected chi connectivity index (χ1v) is 11.6. The summed E-state index contributed by atoms with van der Waals surface area (Å²) in [6.45, 7) is 5.93. The highest BCUT2D eigenvalue weighted by Gasteiger charge is 2.28. The first-order valence-electron chi connectivity index (χ1n) is 11.6. The Morgan fingerprint density at radius 2 is 1.79 bits per heavy atom. The molecule has 2 N–H and O–H groups in total. The molecular formula is C27H35N3O3. The van der Waals surface area contributed by atoms with E-state index in [1.807, 2.05) is 80.8 Å². The molecule has 3 aromatic rings. The molecule has 2 aromatic carbocycles. The zero-order valence-electron chi connectivity index (χ0n) is 19.6. The monoisotopic (exact) mass is 449 g/mol. The number of nitrogens with one attached hydrogen (secondary N) is 2. The number of para-hydroxylation sites is 2. The fourth-order valence-corrected chi connectivity index (χ4v) is 3.54. The first kappa shape index (κ1) is 24.7. The minimum atomic E-state index is -0.175. The SMILES string of the molecule is CCOc1ccccc1O[C@@H](c1ccccc1)[C@H]1CNCCO1.CNCCc1ccccn1. The Morgan fingerprint density at radius 3 is 2.45 bits per heavy atom. The lowest BCUT2D eigenvalue weighted by atomic mass is 10.0. The predicted molar refractivity (Wildman–Crippen MR) is 132 cm³/mol. The van der Waals surface area contributed by atoms with Crippen molar-refractivity contribution in [2.24, 2.45) is 0 Å². The zero-order chi connectivity index (χ0) is 23.1. The molecule has 0 unspecified atom stereocenters. The minimum Gasteiger partial charge on any atom is -0.490 e. The molecule has 0 spiro atoms. The first-order chi connectivity index (χ1) is 16.3. The highest BCUT2D eigenvalue weighted by molar-refractivity contribution is 5.40. The summed E-state index contributed by atoms with van der Waals surface area (Å²) in [7, 11) is 1.95. The molecule has 6 nitrogen and oxygen atoms in total. The van der Waals surface area contributed by atoms with Crippen LogP contribution in [0.4, 0.5) is 0 Å². The van der Waals surface area contributed by atoms with Crippen molar-refractivity contribution < 1.29 is 14.2 Å². The average molecular weight is 450 g/mol. The third-order valence-electron chi connectivity index (χ3n) is 5.18. The van der Waals surface area contributed by atoms with Crippen molar-refractivity contribution in [1.29, 1.82) is 0 Å². The van der Waals surface area contributed by atoms with Crippen molar-refractivity contribution in [3.8, 4) is 11.5 Å². The van der Waals surface area contributed by atoms with Crippen LogP contribution < -0.4 is 20.1 Å². The van der Waals surface area contributed by atoms with Crippen molar-refractivity contribution in [2.45, 2.75) is 25.6 Å². The summed E-state index contributed by atoms with van der Waals surface area (Å²) in [6, 6.07) is 24.0. The fraction of sp³-hybridized carbons (Fsp3) is 0.370. The number of likely N-dealkylation sites (N-methyl/N-ethyl adjacent to an activating group) is 1. The molecule has 1 fully saturated rings. The van der Waals surface area contributed by atoms with Crippen LogP contribution in [0.2, 0.25) is 0 Å². The van der Waals surface area contributed by atoms with Gasteiger partial charge in [0.15, 0.2) is 17.6 Å². The minimum absolute atomic E-state index is 0.0270. The summed E-state index contributed by atoms with van der Waals surface area (Å²) >= 11 is 0. The van der Waals surface area contributed by atoms with E-state index < -0.39 is 0 Å². The Hall–Kier alpha value is -2.93. The van der Waals surface area contributed by atoms with Gasteiger partial charge in [-0.1, -0.05) is 48.5 Å². The molecular weight excluding hydrogens is 414 g/mol. The topological polar surface area (TPSA) is 64.6 Å². The lowest BCUT2D eigenvalue weighted by Gasteiger charge is -2.32. The predicted octanol–water partition coefficient (Wildman–Crippen LogP) is 4.04. The van der Waals surface area contributed by atoms with Gasteiger partial charge < -0.3 is 24.8 Å². The van der Waals surface area contributed by atoms with Gasteiger partial charge in [-0.05, 0) is 43.8 Å². The summed E-state index contributed by atoms with van der Waals surface area (Å²) in [5.74, 6) is 1.51. The summed E-state index contributed by atoms with van der Waals surface area (Å²) in [4.78, 5) is 4.18. The summed E-state index contributed by atoms with van der Waals surface area (Å²) in [5, 5.41) is 6.45. The normalized spacial score (nSPS) is 16.2. The molecule has 2 atom stereocenters. The quantitative estimate of drug-likeness (QED) is 0.514. The molecule has 6 heteroatoms. The smallest absolute Gasteiger partial charge is 0.162 e. The molecule has 1 aromatic heterocycles. The van der Waals surface area contributed by atoms with Crippen molar-refractivity contribution in [2.75, 3.05) is 39.9 Å². The van der Waals surface area contributed by atoms with E-state index >= 15 is 0 Å². The molecule has 0 saturated carbocycles. The number of rotatable bonds is 9. The van der Waals surface area contributed by atoms with Crippen molar-refractivity contribution in [3.05, 3.63) is 90.3 Å². The van der Waals surface area contributed by atoms with Crippen LogP contribution in [-0.4, -0.2) is 51.0 Å². The number of hydrogen-bond donors (Lipinski definition) is 2. The largest absolute Gasteiger partial charge is 0.490 e. The Labute approximate surface area is 197 Å². The van der Waals surface area contributed by atoms with Crippen LogP contribution in [0.5, 0.6) is 11.5 Å². The van der Waals surface area contributed by atoms with Gasteiger partial charge in [0.25, 0.3) is 0 Å². The number of nitrogens with zero attached hydrogens (tertiary/aromatic N) is 1. The Kier molecular flexibility index (Phi) is 10.7. The highest BCUT2D eigenvalue weighted by Crippen LogP contribution is 2.33. The molecule has 0 amide bonds. The lowest BCUT2D eigenvalue weighted by Crippen LogP contribution is -2.43. The lowest BCUT2D eigenvalue weighted by molar-refractivity contribution is -0.0439. The second kappa shape index (κ2) is 14.3. The molecule has 0 bridgehead atoms. The second-order valence-electron chi connectivity index (χ2n) is 7.62. The maximum absolute atomic E-state index is 6.33. The Balaban J connectivity index is 0.000000257. The van der Waals surface area contributed by atoms with E-state index in [-0.39, 0.29) is 12.2 Å². The maximum atomic E-state index is 6.33. The molecule has 33 heavy (non-hydrogen) atoms. The van der Waals surface area contributed by atoms with Gasteiger partial charge in [0.2, 0.25) is 0 Å². The highest BCUT2D eigenvalue weighted by atomic mass is 16.6. The van der Waals surface area contributed by atoms with E-state index in [0.29, 0.717) is 13.2 Å². The van der Waals surface area contributed by atoms with Crippen molar-refractivity contribution >= 4 is 0 Å². The van der Waals surface area contributed by atoms with Crippen LogP contribution in [0.3, 0.4) is 0 Å². The van der Waals surface area contributed by atoms with Gasteiger partial charge in [-0.2, -0.15) is 0 Å².